The molecule has 2 rings (SSSR count). The molecule has 8 nitrogen and oxygen atoms in total. The van der Waals surface area contributed by atoms with Crippen molar-refractivity contribution in [2.24, 2.45) is 0 Å². The van der Waals surface area contributed by atoms with Crippen LogP contribution in [-0.2, 0) is 14.8 Å². The van der Waals surface area contributed by atoms with Gasteiger partial charge in [0.25, 0.3) is 15.7 Å². The summed E-state index contributed by atoms with van der Waals surface area (Å²) in [5.74, 6) is 0.474. The Morgan fingerprint density at radius 1 is 1.19 bits per heavy atom. The molecule has 2 aromatic rings. The predicted molar refractivity (Wildman–Crippen MR) is 96.1 cm³/mol. The number of ether oxygens (including phenoxy) is 1. The normalized spacial score (nSPS) is 12.3. The van der Waals surface area contributed by atoms with E-state index in [1.165, 1.54) is 50.4 Å². The Bertz CT molecular complexity index is 930. The zero-order chi connectivity index (χ0) is 19.5. The van der Waals surface area contributed by atoms with Crippen LogP contribution in [0.25, 0.3) is 0 Å². The lowest BCUT2D eigenvalue weighted by Gasteiger charge is -2.28. The molecule has 0 radical (unpaired) electrons. The van der Waals surface area contributed by atoms with Crippen molar-refractivity contribution < 1.29 is 22.9 Å². The molecule has 2 aromatic carbocycles. The van der Waals surface area contributed by atoms with E-state index in [-0.39, 0.29) is 5.69 Å². The van der Waals surface area contributed by atoms with Crippen LogP contribution in [0.4, 0.5) is 11.4 Å². The average Bonchev–Trinajstić information content (AvgIpc) is 2.62. The van der Waals surface area contributed by atoms with Crippen molar-refractivity contribution in [3.8, 4) is 5.75 Å². The van der Waals surface area contributed by atoms with Crippen molar-refractivity contribution in [2.45, 2.75) is 17.9 Å². The number of nitrogens with zero attached hydrogens (tertiary/aromatic N) is 2. The molecule has 0 bridgehead atoms. The Morgan fingerprint density at radius 3 is 2.27 bits per heavy atom. The summed E-state index contributed by atoms with van der Waals surface area (Å²) < 4.78 is 32.1. The van der Waals surface area contributed by atoms with Crippen LogP contribution in [0.15, 0.2) is 53.4 Å². The van der Waals surface area contributed by atoms with Crippen molar-refractivity contribution in [3.05, 3.63) is 58.6 Å². The molecule has 0 heterocycles. The maximum Gasteiger partial charge on any atom is 0.289 e. The molecule has 1 atom stereocenters. The van der Waals surface area contributed by atoms with E-state index in [0.717, 1.165) is 16.4 Å². The zero-order valence-corrected chi connectivity index (χ0v) is 15.4. The van der Waals surface area contributed by atoms with Crippen LogP contribution in [0.2, 0.25) is 0 Å². The van der Waals surface area contributed by atoms with Crippen LogP contribution >= 0.6 is 11.6 Å². The quantitative estimate of drug-likeness (QED) is 0.403. The monoisotopic (exact) mass is 398 g/mol. The van der Waals surface area contributed by atoms with Gasteiger partial charge >= 0.3 is 0 Å². The van der Waals surface area contributed by atoms with Gasteiger partial charge in [0, 0.05) is 6.07 Å². The van der Waals surface area contributed by atoms with Gasteiger partial charge in [-0.05, 0) is 48.9 Å². The average molecular weight is 399 g/mol. The van der Waals surface area contributed by atoms with E-state index in [4.69, 9.17) is 16.3 Å². The molecule has 0 spiro atoms. The number of carbonyl (C=O) groups excluding carboxylic acids is 1. The van der Waals surface area contributed by atoms with Gasteiger partial charge in [-0.15, -0.1) is 0 Å². The topological polar surface area (TPSA) is 107 Å². The smallest absolute Gasteiger partial charge is 0.289 e. The summed E-state index contributed by atoms with van der Waals surface area (Å²) in [6, 6.07) is 9.45. The minimum absolute atomic E-state index is 0.116. The summed E-state index contributed by atoms with van der Waals surface area (Å²) in [5, 5.41) is 10.3. The van der Waals surface area contributed by atoms with Gasteiger partial charge in [-0.1, -0.05) is 12.1 Å². The molecule has 0 aromatic heterocycles. The SMILES string of the molecule is COc1ccc(N(C(C)C(=O)Cl)S(=O)(=O)c2ccccc2[N+](=O)[O-])cc1. The van der Waals surface area contributed by atoms with Gasteiger partial charge in [0.1, 0.15) is 11.8 Å². The third kappa shape index (κ3) is 3.78. The van der Waals surface area contributed by atoms with Crippen molar-refractivity contribution in [1.29, 1.82) is 0 Å². The van der Waals surface area contributed by atoms with Gasteiger partial charge in [-0.25, -0.2) is 8.42 Å². The molecule has 1 unspecified atom stereocenters. The van der Waals surface area contributed by atoms with Crippen LogP contribution < -0.4 is 9.04 Å². The summed E-state index contributed by atoms with van der Waals surface area (Å²) in [4.78, 5) is 21.6. The first-order valence-electron chi connectivity index (χ1n) is 7.31. The highest BCUT2D eigenvalue weighted by molar-refractivity contribution is 7.93. The predicted octanol–water partition coefficient (Wildman–Crippen LogP) is 2.95. The number of hydrogen-bond acceptors (Lipinski definition) is 6. The van der Waals surface area contributed by atoms with E-state index < -0.39 is 36.8 Å². The van der Waals surface area contributed by atoms with Crippen molar-refractivity contribution in [3.63, 3.8) is 0 Å². The van der Waals surface area contributed by atoms with Gasteiger partial charge in [0.2, 0.25) is 5.24 Å². The van der Waals surface area contributed by atoms with E-state index in [0.29, 0.717) is 5.75 Å². The van der Waals surface area contributed by atoms with Crippen LogP contribution in [0.3, 0.4) is 0 Å². The highest BCUT2D eigenvalue weighted by atomic mass is 35.5. The molecule has 138 valence electrons. The van der Waals surface area contributed by atoms with Crippen molar-refractivity contribution >= 4 is 38.2 Å². The zero-order valence-electron chi connectivity index (χ0n) is 13.8. The first-order chi connectivity index (χ1) is 12.2. The third-order valence-corrected chi connectivity index (χ3v) is 5.87. The van der Waals surface area contributed by atoms with Crippen molar-refractivity contribution in [2.75, 3.05) is 11.4 Å². The van der Waals surface area contributed by atoms with Gasteiger partial charge in [-0.2, -0.15) is 0 Å². The van der Waals surface area contributed by atoms with E-state index >= 15 is 0 Å². The molecule has 0 N–H and O–H groups in total. The van der Waals surface area contributed by atoms with E-state index in [1.807, 2.05) is 0 Å². The number of rotatable bonds is 7. The highest BCUT2D eigenvalue weighted by Crippen LogP contribution is 2.32. The van der Waals surface area contributed by atoms with E-state index in [9.17, 15) is 23.3 Å². The lowest BCUT2D eigenvalue weighted by molar-refractivity contribution is -0.387. The van der Waals surface area contributed by atoms with Gasteiger partial charge in [0.15, 0.2) is 4.90 Å². The number of benzene rings is 2. The number of hydrogen-bond donors (Lipinski definition) is 0. The fourth-order valence-electron chi connectivity index (χ4n) is 2.32. The summed E-state index contributed by atoms with van der Waals surface area (Å²) in [6.07, 6.45) is 0. The maximum atomic E-state index is 13.1. The third-order valence-electron chi connectivity index (χ3n) is 3.61. The number of sulfonamides is 1. The number of halogens is 1. The first kappa shape index (κ1) is 19.7. The highest BCUT2D eigenvalue weighted by Gasteiger charge is 2.36. The lowest BCUT2D eigenvalue weighted by atomic mass is 10.2. The molecule has 0 saturated heterocycles. The molecule has 10 heteroatoms. The summed E-state index contributed by atoms with van der Waals surface area (Å²) in [6.45, 7) is 1.30. The van der Waals surface area contributed by atoms with Crippen molar-refractivity contribution in [1.82, 2.24) is 0 Å². The number of carbonyl (C=O) groups is 1. The number of anilines is 1. The molecule has 0 aliphatic heterocycles. The second kappa shape index (κ2) is 7.71. The van der Waals surface area contributed by atoms with Crippen LogP contribution in [0.5, 0.6) is 5.75 Å². The Kier molecular flexibility index (Phi) is 5.83. The first-order valence-corrected chi connectivity index (χ1v) is 9.13. The number of nitro groups is 1. The van der Waals surface area contributed by atoms with Crippen LogP contribution in [-0.4, -0.2) is 31.7 Å². The van der Waals surface area contributed by atoms with Gasteiger partial charge < -0.3 is 4.74 Å². The molecule has 0 aliphatic carbocycles. The minimum Gasteiger partial charge on any atom is -0.497 e. The molecule has 0 saturated carbocycles. The molecular formula is C16H15ClN2O6S. The number of nitro benzene ring substituents is 1. The Hall–Kier alpha value is -2.65. The minimum atomic E-state index is -4.45. The maximum absolute atomic E-state index is 13.1. The summed E-state index contributed by atoms with van der Waals surface area (Å²) in [5.41, 5.74) is -0.481. The second-order valence-electron chi connectivity index (χ2n) is 5.20. The Morgan fingerprint density at radius 2 is 1.77 bits per heavy atom. The standard InChI is InChI=1S/C16H15ClN2O6S/c1-11(16(17)20)18(12-7-9-13(25-2)10-8-12)26(23,24)15-6-4-3-5-14(15)19(21)22/h3-11H,1-2H3. The molecule has 0 amide bonds. The largest absolute Gasteiger partial charge is 0.497 e. The number of para-hydroxylation sites is 1. The van der Waals surface area contributed by atoms with E-state index in [2.05, 4.69) is 0 Å². The Balaban J connectivity index is 2.68. The fraction of sp³-hybridized carbons (Fsp3) is 0.188. The molecule has 26 heavy (non-hydrogen) atoms. The molecule has 0 fully saturated rings. The second-order valence-corrected chi connectivity index (χ2v) is 7.36. The summed E-state index contributed by atoms with van der Waals surface area (Å²) in [7, 11) is -3.00. The lowest BCUT2D eigenvalue weighted by Crippen LogP contribution is -2.42. The molecular weight excluding hydrogens is 384 g/mol. The van der Waals surface area contributed by atoms with Crippen LogP contribution in [0, 0.1) is 10.1 Å². The van der Waals surface area contributed by atoms with Gasteiger partial charge in [0.05, 0.1) is 17.7 Å². The molecule has 0 aliphatic rings. The Labute approximate surface area is 155 Å². The van der Waals surface area contributed by atoms with Gasteiger partial charge in [-0.3, -0.25) is 19.2 Å². The fourth-order valence-corrected chi connectivity index (χ4v) is 4.26. The number of methoxy groups -OCH3 is 1. The summed E-state index contributed by atoms with van der Waals surface area (Å²) >= 11 is 5.52. The van der Waals surface area contributed by atoms with E-state index in [1.54, 1.807) is 0 Å². The van der Waals surface area contributed by atoms with Crippen LogP contribution in [0.1, 0.15) is 6.92 Å².